The zero-order valence-corrected chi connectivity index (χ0v) is 38.9. The maximum atomic E-state index is 6.98. The number of rotatable bonds is 6. The smallest absolute Gasteiger partial charge is 0.164 e. The molecule has 0 aliphatic heterocycles. The summed E-state index contributed by atoms with van der Waals surface area (Å²) in [6.45, 7) is 0. The van der Waals surface area contributed by atoms with E-state index >= 15 is 0 Å². The summed E-state index contributed by atoms with van der Waals surface area (Å²) in [5.41, 5.74) is 12.1. The first-order valence-corrected chi connectivity index (χ1v) is 24.7. The Kier molecular flexibility index (Phi) is 8.76. The van der Waals surface area contributed by atoms with Crippen molar-refractivity contribution in [3.05, 3.63) is 231 Å². The quantitative estimate of drug-likeness (QED) is 0.167. The minimum Gasteiger partial charge on any atom is -0.456 e. The number of hydrogen-bond donors (Lipinski definition) is 0. The van der Waals surface area contributed by atoms with Crippen LogP contribution in [0.4, 0.5) is 0 Å². The van der Waals surface area contributed by atoms with E-state index in [1.807, 2.05) is 24.3 Å². The number of para-hydroxylation sites is 1. The molecule has 0 fully saturated rings. The van der Waals surface area contributed by atoms with Crippen molar-refractivity contribution < 1.29 is 4.42 Å². The predicted molar refractivity (Wildman–Crippen MR) is 297 cm³/mol. The van der Waals surface area contributed by atoms with E-state index in [0.717, 1.165) is 72.0 Å². The van der Waals surface area contributed by atoms with Crippen molar-refractivity contribution in [3.8, 4) is 62.1 Å². The Balaban J connectivity index is 0.973. The number of benzene rings is 11. The van der Waals surface area contributed by atoms with E-state index in [-0.39, 0.29) is 0 Å². The van der Waals surface area contributed by atoms with E-state index in [1.165, 1.54) is 58.1 Å². The van der Waals surface area contributed by atoms with E-state index in [4.69, 9.17) is 19.4 Å². The van der Waals surface area contributed by atoms with Crippen LogP contribution in [0.3, 0.4) is 0 Å². The van der Waals surface area contributed by atoms with Crippen molar-refractivity contribution in [2.45, 2.75) is 0 Å². The molecule has 0 bridgehead atoms. The average molecular weight is 923 g/mol. The van der Waals surface area contributed by atoms with Gasteiger partial charge in [0, 0.05) is 70.0 Å². The number of aromatic nitrogens is 4. The Hall–Kier alpha value is -9.23. The number of hydrogen-bond acceptors (Lipinski definition) is 5. The monoisotopic (exact) mass is 922 g/mol. The molecule has 0 N–H and O–H groups in total. The Morgan fingerprint density at radius 1 is 0.324 bits per heavy atom. The maximum absolute atomic E-state index is 6.98. The van der Waals surface area contributed by atoms with Crippen molar-refractivity contribution in [2.24, 2.45) is 0 Å². The zero-order chi connectivity index (χ0) is 46.6. The molecule has 15 aromatic rings. The van der Waals surface area contributed by atoms with Crippen molar-refractivity contribution in [1.29, 1.82) is 0 Å². The third kappa shape index (κ3) is 6.42. The normalized spacial score (nSPS) is 11.9. The van der Waals surface area contributed by atoms with Gasteiger partial charge < -0.3 is 8.98 Å². The van der Waals surface area contributed by atoms with Crippen molar-refractivity contribution in [2.75, 3.05) is 0 Å². The van der Waals surface area contributed by atoms with E-state index in [9.17, 15) is 0 Å². The van der Waals surface area contributed by atoms with E-state index in [0.29, 0.717) is 17.5 Å². The topological polar surface area (TPSA) is 56.7 Å². The first kappa shape index (κ1) is 39.7. The summed E-state index contributed by atoms with van der Waals surface area (Å²) in [6, 6.07) is 82.4. The number of furan rings is 1. The van der Waals surface area contributed by atoms with Crippen molar-refractivity contribution in [1.82, 2.24) is 19.5 Å². The van der Waals surface area contributed by atoms with Gasteiger partial charge in [0.15, 0.2) is 17.5 Å². The molecule has 0 spiro atoms. The van der Waals surface area contributed by atoms with Gasteiger partial charge in [0.1, 0.15) is 11.2 Å². The molecule has 15 rings (SSSR count). The lowest BCUT2D eigenvalue weighted by Gasteiger charge is -2.16. The lowest BCUT2D eigenvalue weighted by Crippen LogP contribution is -2.00. The minimum atomic E-state index is 0.581. The maximum Gasteiger partial charge on any atom is 0.164 e. The molecule has 71 heavy (non-hydrogen) atoms. The Labute approximate surface area is 411 Å². The molecule has 0 saturated heterocycles. The van der Waals surface area contributed by atoms with Gasteiger partial charge in [0.2, 0.25) is 0 Å². The summed E-state index contributed by atoms with van der Waals surface area (Å²) in [4.78, 5) is 15.8. The van der Waals surface area contributed by atoms with Crippen molar-refractivity contribution in [3.63, 3.8) is 0 Å². The van der Waals surface area contributed by atoms with Crippen LogP contribution in [-0.2, 0) is 0 Å². The van der Waals surface area contributed by atoms with Gasteiger partial charge in [0.05, 0.1) is 16.7 Å². The van der Waals surface area contributed by atoms with Crippen molar-refractivity contribution >= 4 is 96.8 Å². The number of fused-ring (bicyclic) bond motifs is 11. The number of thiophene rings is 1. The Bertz CT molecular complexity index is 4640. The van der Waals surface area contributed by atoms with Crippen LogP contribution in [0.25, 0.3) is 148 Å². The molecule has 6 heteroatoms. The lowest BCUT2D eigenvalue weighted by molar-refractivity contribution is 0.668. The third-order valence-corrected chi connectivity index (χ3v) is 15.4. The molecule has 4 heterocycles. The van der Waals surface area contributed by atoms with Crippen LogP contribution in [0.2, 0.25) is 0 Å². The van der Waals surface area contributed by atoms with Gasteiger partial charge in [-0.1, -0.05) is 164 Å². The molecule has 0 saturated carbocycles. The molecular weight excluding hydrogens is 885 g/mol. The summed E-state index contributed by atoms with van der Waals surface area (Å²) in [5.74, 6) is 1.81. The summed E-state index contributed by atoms with van der Waals surface area (Å²) < 4.78 is 11.9. The first-order chi connectivity index (χ1) is 35.1. The zero-order valence-electron chi connectivity index (χ0n) is 38.0. The molecule has 4 aromatic heterocycles. The molecule has 0 aliphatic rings. The molecule has 0 radical (unpaired) electrons. The summed E-state index contributed by atoms with van der Waals surface area (Å²) >= 11 is 1.80. The standard InChI is InChI=1S/C65H38N4OS/c1-2-14-42(15-3-1)63-66-64(47-31-32-61-53(35-47)49-20-9-11-24-60(49)71-61)68-65(67-63)50-21-12-23-58-62(50)54-37-51(41-28-25-40(26-29-41)46-30-27-39-13-4-5-16-43(39)33-46)57(38-59(54)70-58)69-55-22-10-8-19-48(55)52-34-44-17-6-7-18-45(44)36-56(52)69/h1-38H. The minimum absolute atomic E-state index is 0.581. The van der Waals surface area contributed by atoms with Gasteiger partial charge in [-0.05, 0) is 98.9 Å². The fourth-order valence-electron chi connectivity index (χ4n) is 10.8. The van der Waals surface area contributed by atoms with Gasteiger partial charge in [-0.15, -0.1) is 11.3 Å². The molecule has 11 aromatic carbocycles. The second-order valence-corrected chi connectivity index (χ2v) is 19.4. The van der Waals surface area contributed by atoms with Crippen LogP contribution in [0.5, 0.6) is 0 Å². The average Bonchev–Trinajstić information content (AvgIpc) is 4.11. The lowest BCUT2D eigenvalue weighted by atomic mass is 9.95. The summed E-state index contributed by atoms with van der Waals surface area (Å²) in [6.07, 6.45) is 0. The molecule has 5 nitrogen and oxygen atoms in total. The molecule has 330 valence electrons. The summed E-state index contributed by atoms with van der Waals surface area (Å²) in [7, 11) is 0. The highest BCUT2D eigenvalue weighted by Crippen LogP contribution is 2.44. The fourth-order valence-corrected chi connectivity index (χ4v) is 11.9. The number of nitrogens with zero attached hydrogens (tertiary/aromatic N) is 4. The predicted octanol–water partition coefficient (Wildman–Crippen LogP) is 17.9. The van der Waals surface area contributed by atoms with E-state index < -0.39 is 0 Å². The van der Waals surface area contributed by atoms with Crippen LogP contribution in [0.1, 0.15) is 0 Å². The Morgan fingerprint density at radius 3 is 1.82 bits per heavy atom. The largest absolute Gasteiger partial charge is 0.456 e. The molecular formula is C65H38N4OS. The van der Waals surface area contributed by atoms with Crippen LogP contribution in [-0.4, -0.2) is 19.5 Å². The van der Waals surface area contributed by atoms with E-state index in [1.54, 1.807) is 11.3 Å². The van der Waals surface area contributed by atoms with Crippen LogP contribution >= 0.6 is 11.3 Å². The highest BCUT2D eigenvalue weighted by molar-refractivity contribution is 7.25. The van der Waals surface area contributed by atoms with Crippen LogP contribution in [0, 0.1) is 0 Å². The fraction of sp³-hybridized carbons (Fsp3) is 0. The molecule has 0 unspecified atom stereocenters. The molecule has 0 amide bonds. The third-order valence-electron chi connectivity index (χ3n) is 14.2. The SMILES string of the molecule is c1ccc(-c2nc(-c3ccc4sc5ccccc5c4c3)nc(-c3cccc4oc5cc(-n6c7ccccc7c7cc8ccccc8cc76)c(-c6ccc(-c7ccc8ccccc8c7)cc6)cc5c34)n2)cc1. The van der Waals surface area contributed by atoms with Gasteiger partial charge in [-0.25, -0.2) is 15.0 Å². The first-order valence-electron chi connectivity index (χ1n) is 23.9. The van der Waals surface area contributed by atoms with E-state index in [2.05, 4.69) is 211 Å². The van der Waals surface area contributed by atoms with Crippen LogP contribution < -0.4 is 0 Å². The molecule has 0 aliphatic carbocycles. The van der Waals surface area contributed by atoms with Gasteiger partial charge in [0.25, 0.3) is 0 Å². The summed E-state index contributed by atoms with van der Waals surface area (Å²) in [5, 5.41) is 11.6. The second-order valence-electron chi connectivity index (χ2n) is 18.3. The Morgan fingerprint density at radius 2 is 0.972 bits per heavy atom. The molecule has 0 atom stereocenters. The van der Waals surface area contributed by atoms with Gasteiger partial charge in [-0.2, -0.15) is 0 Å². The van der Waals surface area contributed by atoms with Crippen LogP contribution in [0.15, 0.2) is 235 Å². The highest BCUT2D eigenvalue weighted by atomic mass is 32.1. The van der Waals surface area contributed by atoms with Gasteiger partial charge in [-0.3, -0.25) is 0 Å². The highest BCUT2D eigenvalue weighted by Gasteiger charge is 2.23. The van der Waals surface area contributed by atoms with Gasteiger partial charge >= 0.3 is 0 Å². The second kappa shape index (κ2) is 15.7.